The van der Waals surface area contributed by atoms with Crippen LogP contribution in [0, 0.1) is 0 Å². The average molecular weight is 279 g/mol. The van der Waals surface area contributed by atoms with Gasteiger partial charge in [0, 0.05) is 26.2 Å². The maximum Gasteiger partial charge on any atom is 0.231 e. The molecule has 1 aliphatic rings. The zero-order valence-electron chi connectivity index (χ0n) is 12.5. The third kappa shape index (κ3) is 3.93. The van der Waals surface area contributed by atoms with Crippen LogP contribution in [-0.4, -0.2) is 59.1 Å². The van der Waals surface area contributed by atoms with Crippen molar-refractivity contribution in [2.24, 2.45) is 0 Å². The Morgan fingerprint density at radius 3 is 2.50 bits per heavy atom. The average Bonchev–Trinajstić information content (AvgIpc) is 2.93. The van der Waals surface area contributed by atoms with Crippen LogP contribution in [0.1, 0.15) is 26.7 Å². The van der Waals surface area contributed by atoms with E-state index >= 15 is 0 Å². The molecule has 0 bridgehead atoms. The number of likely N-dealkylation sites (tertiary alicyclic amines) is 1. The van der Waals surface area contributed by atoms with Gasteiger partial charge >= 0.3 is 0 Å². The fourth-order valence-corrected chi connectivity index (χ4v) is 2.44. The molecule has 0 saturated carbocycles. The normalized spacial score (nSPS) is 15.5. The summed E-state index contributed by atoms with van der Waals surface area (Å²) in [6.45, 7) is 10.1. The molecular formula is C13H25N7. The van der Waals surface area contributed by atoms with Gasteiger partial charge in [-0.25, -0.2) is 0 Å². The highest BCUT2D eigenvalue weighted by molar-refractivity contribution is 5.41. The van der Waals surface area contributed by atoms with E-state index in [-0.39, 0.29) is 5.95 Å². The molecular weight excluding hydrogens is 254 g/mol. The van der Waals surface area contributed by atoms with Gasteiger partial charge < -0.3 is 20.9 Å². The Morgan fingerprint density at radius 2 is 1.85 bits per heavy atom. The molecule has 20 heavy (non-hydrogen) atoms. The molecule has 0 aromatic carbocycles. The van der Waals surface area contributed by atoms with Crippen LogP contribution in [-0.2, 0) is 0 Å². The topological polar surface area (TPSA) is 83.2 Å². The second-order valence-corrected chi connectivity index (χ2v) is 4.97. The van der Waals surface area contributed by atoms with E-state index in [0.29, 0.717) is 11.9 Å². The van der Waals surface area contributed by atoms with Crippen LogP contribution in [0.5, 0.6) is 0 Å². The number of nitrogen functional groups attached to an aromatic ring is 1. The summed E-state index contributed by atoms with van der Waals surface area (Å²) in [5, 5.41) is 3.25. The van der Waals surface area contributed by atoms with Gasteiger partial charge in [0.05, 0.1) is 0 Å². The van der Waals surface area contributed by atoms with E-state index < -0.39 is 0 Å². The van der Waals surface area contributed by atoms with Crippen LogP contribution < -0.4 is 16.0 Å². The van der Waals surface area contributed by atoms with Crippen molar-refractivity contribution < 1.29 is 0 Å². The molecule has 1 aromatic heterocycles. The van der Waals surface area contributed by atoms with Crippen LogP contribution in [0.25, 0.3) is 0 Å². The Labute approximate surface area is 120 Å². The van der Waals surface area contributed by atoms with E-state index in [1.54, 1.807) is 0 Å². The largest absolute Gasteiger partial charge is 0.368 e. The lowest BCUT2D eigenvalue weighted by Gasteiger charge is -2.19. The molecule has 112 valence electrons. The summed E-state index contributed by atoms with van der Waals surface area (Å²) in [7, 11) is 0. The van der Waals surface area contributed by atoms with Crippen molar-refractivity contribution in [3.8, 4) is 0 Å². The van der Waals surface area contributed by atoms with E-state index in [2.05, 4.69) is 43.9 Å². The SMILES string of the molecule is CCN(CC)c1nc(N)nc(NCCN2CCCC2)n1. The highest BCUT2D eigenvalue weighted by Crippen LogP contribution is 2.12. The molecule has 1 saturated heterocycles. The van der Waals surface area contributed by atoms with Gasteiger partial charge in [0.2, 0.25) is 17.8 Å². The fraction of sp³-hybridized carbons (Fsp3) is 0.769. The Morgan fingerprint density at radius 1 is 1.15 bits per heavy atom. The van der Waals surface area contributed by atoms with Crippen molar-refractivity contribution in [1.82, 2.24) is 19.9 Å². The molecule has 0 unspecified atom stereocenters. The number of hydrogen-bond donors (Lipinski definition) is 2. The molecule has 7 heteroatoms. The number of rotatable bonds is 7. The van der Waals surface area contributed by atoms with E-state index in [1.807, 2.05) is 0 Å². The summed E-state index contributed by atoms with van der Waals surface area (Å²) in [4.78, 5) is 17.3. The van der Waals surface area contributed by atoms with Gasteiger partial charge in [0.25, 0.3) is 0 Å². The van der Waals surface area contributed by atoms with Crippen molar-refractivity contribution in [1.29, 1.82) is 0 Å². The zero-order valence-corrected chi connectivity index (χ0v) is 12.5. The van der Waals surface area contributed by atoms with Gasteiger partial charge in [-0.1, -0.05) is 0 Å². The number of nitrogens with one attached hydrogen (secondary N) is 1. The molecule has 0 aliphatic carbocycles. The number of nitrogens with two attached hydrogens (primary N) is 1. The van der Waals surface area contributed by atoms with Gasteiger partial charge in [0.1, 0.15) is 0 Å². The molecule has 0 spiro atoms. The Kier molecular flexibility index (Phi) is 5.34. The molecule has 0 radical (unpaired) electrons. The first-order valence-corrected chi connectivity index (χ1v) is 7.45. The van der Waals surface area contributed by atoms with Crippen LogP contribution in [0.3, 0.4) is 0 Å². The first-order valence-electron chi connectivity index (χ1n) is 7.45. The van der Waals surface area contributed by atoms with Crippen LogP contribution >= 0.6 is 0 Å². The van der Waals surface area contributed by atoms with E-state index in [1.165, 1.54) is 25.9 Å². The van der Waals surface area contributed by atoms with Crippen LogP contribution in [0.2, 0.25) is 0 Å². The summed E-state index contributed by atoms with van der Waals surface area (Å²) in [5.74, 6) is 1.48. The molecule has 1 aliphatic heterocycles. The van der Waals surface area contributed by atoms with Crippen molar-refractivity contribution in [2.45, 2.75) is 26.7 Å². The van der Waals surface area contributed by atoms with Gasteiger partial charge in [-0.3, -0.25) is 0 Å². The highest BCUT2D eigenvalue weighted by atomic mass is 15.3. The summed E-state index contributed by atoms with van der Waals surface area (Å²) in [6, 6.07) is 0. The quantitative estimate of drug-likeness (QED) is 0.764. The number of anilines is 3. The first kappa shape index (κ1) is 14.8. The summed E-state index contributed by atoms with van der Waals surface area (Å²) in [5.41, 5.74) is 5.76. The molecule has 2 rings (SSSR count). The number of aromatic nitrogens is 3. The van der Waals surface area contributed by atoms with Crippen molar-refractivity contribution in [2.75, 3.05) is 55.2 Å². The molecule has 0 amide bonds. The van der Waals surface area contributed by atoms with Gasteiger partial charge in [-0.05, 0) is 39.8 Å². The van der Waals surface area contributed by atoms with E-state index in [9.17, 15) is 0 Å². The minimum Gasteiger partial charge on any atom is -0.368 e. The third-order valence-electron chi connectivity index (χ3n) is 3.60. The minimum atomic E-state index is 0.269. The molecule has 1 aromatic rings. The molecule has 7 nitrogen and oxygen atoms in total. The number of hydrogen-bond acceptors (Lipinski definition) is 7. The predicted molar refractivity (Wildman–Crippen MR) is 82.0 cm³/mol. The van der Waals surface area contributed by atoms with Gasteiger partial charge in [0.15, 0.2) is 0 Å². The molecule has 1 fully saturated rings. The predicted octanol–water partition coefficient (Wildman–Crippen LogP) is 0.808. The second-order valence-electron chi connectivity index (χ2n) is 4.97. The van der Waals surface area contributed by atoms with Gasteiger partial charge in [-0.15, -0.1) is 0 Å². The van der Waals surface area contributed by atoms with Crippen LogP contribution in [0.4, 0.5) is 17.8 Å². The Balaban J connectivity index is 1.92. The first-order chi connectivity index (χ1) is 9.72. The maximum atomic E-state index is 5.76. The summed E-state index contributed by atoms with van der Waals surface area (Å²) in [6.07, 6.45) is 2.62. The minimum absolute atomic E-state index is 0.269. The van der Waals surface area contributed by atoms with Crippen molar-refractivity contribution >= 4 is 17.8 Å². The summed E-state index contributed by atoms with van der Waals surface area (Å²) < 4.78 is 0. The lowest BCUT2D eigenvalue weighted by atomic mass is 10.4. The molecule has 0 atom stereocenters. The number of nitrogens with zero attached hydrogens (tertiary/aromatic N) is 5. The third-order valence-corrected chi connectivity index (χ3v) is 3.60. The maximum absolute atomic E-state index is 5.76. The highest BCUT2D eigenvalue weighted by Gasteiger charge is 2.12. The van der Waals surface area contributed by atoms with E-state index in [0.717, 1.165) is 26.2 Å². The fourth-order valence-electron chi connectivity index (χ4n) is 2.44. The Bertz CT molecular complexity index is 413. The standard InChI is InChI=1S/C13H25N7/c1-3-20(4-2)13-17-11(14)16-12(18-13)15-7-10-19-8-5-6-9-19/h3-10H2,1-2H3,(H3,14,15,16,17,18). The summed E-state index contributed by atoms with van der Waals surface area (Å²) >= 11 is 0. The zero-order chi connectivity index (χ0) is 14.4. The smallest absolute Gasteiger partial charge is 0.231 e. The lowest BCUT2D eigenvalue weighted by molar-refractivity contribution is 0.352. The Hall–Kier alpha value is -1.63. The van der Waals surface area contributed by atoms with E-state index in [4.69, 9.17) is 5.73 Å². The molecule has 3 N–H and O–H groups in total. The molecule has 2 heterocycles. The van der Waals surface area contributed by atoms with Gasteiger partial charge in [-0.2, -0.15) is 15.0 Å². The second kappa shape index (κ2) is 7.23. The van der Waals surface area contributed by atoms with Crippen molar-refractivity contribution in [3.63, 3.8) is 0 Å². The van der Waals surface area contributed by atoms with Crippen LogP contribution in [0.15, 0.2) is 0 Å². The van der Waals surface area contributed by atoms with Crippen molar-refractivity contribution in [3.05, 3.63) is 0 Å². The monoisotopic (exact) mass is 279 g/mol. The lowest BCUT2D eigenvalue weighted by Crippen LogP contribution is -2.28.